The summed E-state index contributed by atoms with van der Waals surface area (Å²) in [7, 11) is 1.77. The fourth-order valence-corrected chi connectivity index (χ4v) is 1.76. The van der Waals surface area contributed by atoms with Crippen LogP contribution in [0.15, 0.2) is 17.1 Å². The van der Waals surface area contributed by atoms with Crippen molar-refractivity contribution >= 4 is 11.5 Å². The van der Waals surface area contributed by atoms with E-state index in [-0.39, 0.29) is 11.8 Å². The third kappa shape index (κ3) is 3.96. The molecule has 0 bridgehead atoms. The molecule has 0 aliphatic heterocycles. The summed E-state index contributed by atoms with van der Waals surface area (Å²) in [5.41, 5.74) is 6.96. The van der Waals surface area contributed by atoms with Crippen molar-refractivity contribution in [3.63, 3.8) is 0 Å². The van der Waals surface area contributed by atoms with Crippen LogP contribution < -0.4 is 5.73 Å². The standard InChI is InChI=1S/C12H20N2O/c1-9(14-2)12(13)8-5-10-3-6-11(15)7-4-10/h3,6,10,12H,4-5,7-8,13H2,1-2H3/t10-,12-/m0/s1. The van der Waals surface area contributed by atoms with Gasteiger partial charge in [0.05, 0.1) is 0 Å². The van der Waals surface area contributed by atoms with Gasteiger partial charge in [-0.2, -0.15) is 0 Å². The van der Waals surface area contributed by atoms with Crippen molar-refractivity contribution < 1.29 is 4.79 Å². The monoisotopic (exact) mass is 208 g/mol. The summed E-state index contributed by atoms with van der Waals surface area (Å²) in [6, 6.07) is 0.0704. The summed E-state index contributed by atoms with van der Waals surface area (Å²) in [6.45, 7) is 1.96. The lowest BCUT2D eigenvalue weighted by atomic mass is 9.89. The fourth-order valence-electron chi connectivity index (χ4n) is 1.76. The Morgan fingerprint density at radius 1 is 1.73 bits per heavy atom. The van der Waals surface area contributed by atoms with Gasteiger partial charge in [0.2, 0.25) is 0 Å². The summed E-state index contributed by atoms with van der Waals surface area (Å²) < 4.78 is 0. The molecular weight excluding hydrogens is 188 g/mol. The van der Waals surface area contributed by atoms with Gasteiger partial charge in [-0.3, -0.25) is 9.79 Å². The minimum atomic E-state index is 0.0704. The number of nitrogens with zero attached hydrogens (tertiary/aromatic N) is 1. The summed E-state index contributed by atoms with van der Waals surface area (Å²) in [4.78, 5) is 15.1. The molecule has 0 spiro atoms. The number of carbonyl (C=O) groups excluding carboxylic acids is 1. The van der Waals surface area contributed by atoms with Crippen LogP contribution in [0.2, 0.25) is 0 Å². The highest BCUT2D eigenvalue weighted by Gasteiger charge is 2.14. The molecule has 0 saturated heterocycles. The Bertz CT molecular complexity index is 281. The first kappa shape index (κ1) is 12.1. The van der Waals surface area contributed by atoms with Crippen molar-refractivity contribution in [3.05, 3.63) is 12.2 Å². The molecule has 1 aliphatic rings. The van der Waals surface area contributed by atoms with E-state index >= 15 is 0 Å². The largest absolute Gasteiger partial charge is 0.323 e. The van der Waals surface area contributed by atoms with E-state index in [4.69, 9.17) is 5.73 Å². The maximum Gasteiger partial charge on any atom is 0.155 e. The van der Waals surface area contributed by atoms with Gasteiger partial charge in [-0.25, -0.2) is 0 Å². The maximum absolute atomic E-state index is 11.0. The van der Waals surface area contributed by atoms with Crippen LogP contribution in [0.25, 0.3) is 0 Å². The van der Waals surface area contributed by atoms with Gasteiger partial charge in [-0.15, -0.1) is 0 Å². The van der Waals surface area contributed by atoms with Gasteiger partial charge in [-0.05, 0) is 38.2 Å². The van der Waals surface area contributed by atoms with E-state index in [1.807, 2.05) is 13.0 Å². The van der Waals surface area contributed by atoms with Crippen LogP contribution in [0.1, 0.15) is 32.6 Å². The Labute approximate surface area is 91.5 Å². The predicted molar refractivity (Wildman–Crippen MR) is 63.1 cm³/mol. The molecule has 0 unspecified atom stereocenters. The summed E-state index contributed by atoms with van der Waals surface area (Å²) in [6.07, 6.45) is 7.41. The highest BCUT2D eigenvalue weighted by Crippen LogP contribution is 2.20. The van der Waals surface area contributed by atoms with Crippen molar-refractivity contribution in [3.8, 4) is 0 Å². The quantitative estimate of drug-likeness (QED) is 0.715. The molecule has 0 fully saturated rings. The SMILES string of the molecule is CN=C(C)[C@@H](N)CC[C@H]1C=CC(=O)CC1. The van der Waals surface area contributed by atoms with Crippen molar-refractivity contribution in [2.24, 2.45) is 16.6 Å². The molecule has 15 heavy (non-hydrogen) atoms. The summed E-state index contributed by atoms with van der Waals surface area (Å²) in [5, 5.41) is 0. The first-order valence-corrected chi connectivity index (χ1v) is 5.53. The number of hydrogen-bond donors (Lipinski definition) is 1. The van der Waals surface area contributed by atoms with Gasteiger partial charge in [0.1, 0.15) is 0 Å². The molecule has 1 aliphatic carbocycles. The second-order valence-electron chi connectivity index (χ2n) is 4.17. The lowest BCUT2D eigenvalue weighted by Crippen LogP contribution is -2.29. The molecule has 0 aromatic carbocycles. The van der Waals surface area contributed by atoms with Gasteiger partial charge in [0, 0.05) is 25.2 Å². The van der Waals surface area contributed by atoms with Crippen LogP contribution in [0.4, 0.5) is 0 Å². The molecule has 0 aromatic rings. The number of aliphatic imine (C=N–C) groups is 1. The van der Waals surface area contributed by atoms with Crippen LogP contribution in [0, 0.1) is 5.92 Å². The topological polar surface area (TPSA) is 55.4 Å². The molecule has 84 valence electrons. The molecule has 3 nitrogen and oxygen atoms in total. The predicted octanol–water partition coefficient (Wildman–Crippen LogP) is 1.72. The number of nitrogens with two attached hydrogens (primary N) is 1. The molecule has 1 rings (SSSR count). The minimum absolute atomic E-state index is 0.0704. The van der Waals surface area contributed by atoms with Gasteiger partial charge < -0.3 is 5.73 Å². The molecule has 0 radical (unpaired) electrons. The number of allylic oxidation sites excluding steroid dienone is 2. The molecule has 0 heterocycles. The molecule has 0 saturated carbocycles. The Morgan fingerprint density at radius 3 is 3.00 bits per heavy atom. The Morgan fingerprint density at radius 2 is 2.47 bits per heavy atom. The maximum atomic E-state index is 11.0. The number of carbonyl (C=O) groups is 1. The van der Waals surface area contributed by atoms with Gasteiger partial charge in [-0.1, -0.05) is 6.08 Å². The van der Waals surface area contributed by atoms with Crippen molar-refractivity contribution in [2.45, 2.75) is 38.6 Å². The molecule has 2 N–H and O–H groups in total. The second kappa shape index (κ2) is 5.81. The van der Waals surface area contributed by atoms with Gasteiger partial charge in [0.25, 0.3) is 0 Å². The molecular formula is C12H20N2O. The minimum Gasteiger partial charge on any atom is -0.323 e. The average molecular weight is 208 g/mol. The van der Waals surface area contributed by atoms with E-state index < -0.39 is 0 Å². The smallest absolute Gasteiger partial charge is 0.155 e. The molecule has 2 atom stereocenters. The zero-order valence-electron chi connectivity index (χ0n) is 9.57. The second-order valence-corrected chi connectivity index (χ2v) is 4.17. The Kier molecular flexibility index (Phi) is 4.69. The van der Waals surface area contributed by atoms with Crippen molar-refractivity contribution in [1.29, 1.82) is 0 Å². The average Bonchev–Trinajstić information content (AvgIpc) is 2.26. The van der Waals surface area contributed by atoms with E-state index in [2.05, 4.69) is 4.99 Å². The summed E-state index contributed by atoms with van der Waals surface area (Å²) >= 11 is 0. The van der Waals surface area contributed by atoms with Crippen molar-refractivity contribution in [2.75, 3.05) is 7.05 Å². The van der Waals surface area contributed by atoms with E-state index in [9.17, 15) is 4.79 Å². The highest BCUT2D eigenvalue weighted by molar-refractivity contribution is 5.90. The third-order valence-corrected chi connectivity index (χ3v) is 3.05. The molecule has 3 heteroatoms. The Balaban J connectivity index is 2.32. The number of hydrogen-bond acceptors (Lipinski definition) is 3. The van der Waals surface area contributed by atoms with Crippen LogP contribution in [0.5, 0.6) is 0 Å². The fraction of sp³-hybridized carbons (Fsp3) is 0.667. The molecule has 0 aromatic heterocycles. The van der Waals surface area contributed by atoms with Crippen LogP contribution in [0.3, 0.4) is 0 Å². The summed E-state index contributed by atoms with van der Waals surface area (Å²) in [5.74, 6) is 0.778. The number of rotatable bonds is 4. The first-order valence-electron chi connectivity index (χ1n) is 5.53. The van der Waals surface area contributed by atoms with E-state index in [0.29, 0.717) is 12.3 Å². The van der Waals surface area contributed by atoms with Gasteiger partial charge in [0.15, 0.2) is 5.78 Å². The van der Waals surface area contributed by atoms with Gasteiger partial charge >= 0.3 is 0 Å². The third-order valence-electron chi connectivity index (χ3n) is 3.05. The van der Waals surface area contributed by atoms with Crippen LogP contribution >= 0.6 is 0 Å². The van der Waals surface area contributed by atoms with Crippen LogP contribution in [-0.2, 0) is 4.79 Å². The zero-order chi connectivity index (χ0) is 11.3. The van der Waals surface area contributed by atoms with Crippen LogP contribution in [-0.4, -0.2) is 24.6 Å². The lowest BCUT2D eigenvalue weighted by molar-refractivity contribution is -0.115. The van der Waals surface area contributed by atoms with Crippen molar-refractivity contribution in [1.82, 2.24) is 0 Å². The highest BCUT2D eigenvalue weighted by atomic mass is 16.1. The normalized spacial score (nSPS) is 24.3. The lowest BCUT2D eigenvalue weighted by Gasteiger charge is -2.18. The zero-order valence-corrected chi connectivity index (χ0v) is 9.57. The molecule has 0 amide bonds. The number of ketones is 1. The van der Waals surface area contributed by atoms with E-state index in [0.717, 1.165) is 25.0 Å². The van der Waals surface area contributed by atoms with E-state index in [1.54, 1.807) is 13.1 Å². The Hall–Kier alpha value is -0.960. The first-order chi connectivity index (χ1) is 7.13. The van der Waals surface area contributed by atoms with E-state index in [1.165, 1.54) is 0 Å².